The van der Waals surface area contributed by atoms with Gasteiger partial charge in [0.1, 0.15) is 10.6 Å². The van der Waals surface area contributed by atoms with Gasteiger partial charge in [-0.3, -0.25) is 4.79 Å². The highest BCUT2D eigenvalue weighted by Gasteiger charge is 2.35. The number of piperidine rings is 1. The van der Waals surface area contributed by atoms with Crippen molar-refractivity contribution in [3.05, 3.63) is 22.7 Å². The van der Waals surface area contributed by atoms with E-state index in [9.17, 15) is 13.2 Å². The normalized spacial score (nSPS) is 19.0. The first kappa shape index (κ1) is 19.2. The molecule has 1 saturated heterocycles. The number of ether oxygens (including phenoxy) is 2. The summed E-state index contributed by atoms with van der Waals surface area (Å²) in [6.07, 6.45) is 1.27. The molecule has 2 rings (SSSR count). The largest absolute Gasteiger partial charge is 0.492 e. The van der Waals surface area contributed by atoms with Crippen molar-refractivity contribution in [1.29, 1.82) is 0 Å². The van der Waals surface area contributed by atoms with Crippen LogP contribution in [0, 0.1) is 5.92 Å². The monoisotopic (exact) mass is 419 g/mol. The van der Waals surface area contributed by atoms with Gasteiger partial charge in [0, 0.05) is 17.6 Å². The lowest BCUT2D eigenvalue weighted by Crippen LogP contribution is -2.42. The van der Waals surface area contributed by atoms with Crippen LogP contribution < -0.4 is 4.74 Å². The lowest BCUT2D eigenvalue weighted by Gasteiger charge is -2.31. The van der Waals surface area contributed by atoms with Crippen LogP contribution in [-0.2, 0) is 19.6 Å². The number of carbonyl (C=O) groups excluding carboxylic acids is 1. The van der Waals surface area contributed by atoms with Crippen molar-refractivity contribution in [3.8, 4) is 5.75 Å². The molecule has 1 aromatic rings. The molecular weight excluding hydrogens is 398 g/mol. The molecular formula is C16H22BrNO5S. The Bertz CT molecular complexity index is 692. The van der Waals surface area contributed by atoms with Crippen LogP contribution in [0.3, 0.4) is 0 Å². The Morgan fingerprint density at radius 1 is 1.33 bits per heavy atom. The minimum absolute atomic E-state index is 0.114. The van der Waals surface area contributed by atoms with Gasteiger partial charge in [-0.1, -0.05) is 15.9 Å². The molecule has 0 aromatic heterocycles. The zero-order valence-electron chi connectivity index (χ0n) is 13.8. The summed E-state index contributed by atoms with van der Waals surface area (Å²) in [5.74, 6) is -0.438. The fourth-order valence-electron chi connectivity index (χ4n) is 2.71. The third-order valence-corrected chi connectivity index (χ3v) is 6.21. The van der Waals surface area contributed by atoms with Crippen LogP contribution in [0.15, 0.2) is 27.6 Å². The first-order valence-electron chi connectivity index (χ1n) is 7.99. The topological polar surface area (TPSA) is 72.9 Å². The molecule has 1 heterocycles. The minimum Gasteiger partial charge on any atom is -0.492 e. The number of esters is 1. The molecule has 6 nitrogen and oxygen atoms in total. The second-order valence-corrected chi connectivity index (χ2v) is 8.30. The third-order valence-electron chi connectivity index (χ3n) is 3.83. The first-order valence-corrected chi connectivity index (χ1v) is 10.2. The smallest absolute Gasteiger partial charge is 0.310 e. The van der Waals surface area contributed by atoms with Crippen molar-refractivity contribution in [2.75, 3.05) is 26.3 Å². The molecule has 0 saturated carbocycles. The van der Waals surface area contributed by atoms with Gasteiger partial charge in [-0.05, 0) is 44.9 Å². The van der Waals surface area contributed by atoms with Gasteiger partial charge in [-0.2, -0.15) is 4.31 Å². The van der Waals surface area contributed by atoms with Crippen LogP contribution in [0.5, 0.6) is 5.75 Å². The number of benzene rings is 1. The molecule has 1 unspecified atom stereocenters. The Kier molecular flexibility index (Phi) is 6.65. The highest BCUT2D eigenvalue weighted by atomic mass is 79.9. The van der Waals surface area contributed by atoms with Crippen LogP contribution in [0.1, 0.15) is 26.7 Å². The standard InChI is InChI=1S/C16H22BrNO5S/c1-3-22-14-8-7-13(17)10-15(14)24(20,21)18-9-5-6-12(11-18)16(19)23-4-2/h7-8,10,12H,3-6,9,11H2,1-2H3. The lowest BCUT2D eigenvalue weighted by molar-refractivity contribution is -0.149. The van der Waals surface area contributed by atoms with Gasteiger partial charge in [0.25, 0.3) is 0 Å². The SMILES string of the molecule is CCOC(=O)C1CCCN(S(=O)(=O)c2cc(Br)ccc2OCC)C1. The zero-order chi connectivity index (χ0) is 17.7. The Labute approximate surface area is 151 Å². The molecule has 1 atom stereocenters. The van der Waals surface area contributed by atoms with Gasteiger partial charge >= 0.3 is 5.97 Å². The van der Waals surface area contributed by atoms with Crippen molar-refractivity contribution < 1.29 is 22.7 Å². The number of halogens is 1. The van der Waals surface area contributed by atoms with Crippen molar-refractivity contribution in [1.82, 2.24) is 4.31 Å². The highest BCUT2D eigenvalue weighted by Crippen LogP contribution is 2.32. The van der Waals surface area contributed by atoms with E-state index in [1.165, 1.54) is 10.4 Å². The van der Waals surface area contributed by atoms with E-state index in [1.807, 2.05) is 0 Å². The van der Waals surface area contributed by atoms with Gasteiger partial charge in [-0.15, -0.1) is 0 Å². The van der Waals surface area contributed by atoms with Crippen molar-refractivity contribution >= 4 is 31.9 Å². The summed E-state index contributed by atoms with van der Waals surface area (Å²) >= 11 is 3.31. The molecule has 0 amide bonds. The van der Waals surface area contributed by atoms with E-state index in [0.29, 0.717) is 42.8 Å². The fourth-order valence-corrected chi connectivity index (χ4v) is 4.90. The molecule has 1 fully saturated rings. The fraction of sp³-hybridized carbons (Fsp3) is 0.562. The number of hydrogen-bond acceptors (Lipinski definition) is 5. The maximum atomic E-state index is 13.0. The predicted octanol–water partition coefficient (Wildman–Crippen LogP) is 2.81. The van der Waals surface area contributed by atoms with Crippen LogP contribution in [0.4, 0.5) is 0 Å². The molecule has 134 valence electrons. The Hall–Kier alpha value is -1.12. The van der Waals surface area contributed by atoms with Crippen LogP contribution in [0.2, 0.25) is 0 Å². The van der Waals surface area contributed by atoms with Crippen LogP contribution >= 0.6 is 15.9 Å². The van der Waals surface area contributed by atoms with E-state index in [1.54, 1.807) is 26.0 Å². The van der Waals surface area contributed by atoms with Crippen molar-refractivity contribution in [2.45, 2.75) is 31.6 Å². The second kappa shape index (κ2) is 8.31. The summed E-state index contributed by atoms with van der Waals surface area (Å²) < 4.78 is 38.6. The average molecular weight is 420 g/mol. The lowest BCUT2D eigenvalue weighted by atomic mass is 10.0. The third kappa shape index (κ3) is 4.29. The quantitative estimate of drug-likeness (QED) is 0.662. The summed E-state index contributed by atoms with van der Waals surface area (Å²) in [4.78, 5) is 12.1. The maximum Gasteiger partial charge on any atom is 0.310 e. The van der Waals surface area contributed by atoms with E-state index >= 15 is 0 Å². The van der Waals surface area contributed by atoms with Crippen molar-refractivity contribution in [3.63, 3.8) is 0 Å². The van der Waals surface area contributed by atoms with E-state index in [-0.39, 0.29) is 17.4 Å². The summed E-state index contributed by atoms with van der Waals surface area (Å²) in [5.41, 5.74) is 0. The Morgan fingerprint density at radius 3 is 2.75 bits per heavy atom. The summed E-state index contributed by atoms with van der Waals surface area (Å²) in [6.45, 7) is 4.73. The molecule has 1 aromatic carbocycles. The number of rotatable bonds is 6. The molecule has 1 aliphatic rings. The van der Waals surface area contributed by atoms with E-state index in [0.717, 1.165) is 0 Å². The summed E-state index contributed by atoms with van der Waals surface area (Å²) in [6, 6.07) is 4.91. The molecule has 0 bridgehead atoms. The molecule has 0 radical (unpaired) electrons. The highest BCUT2D eigenvalue weighted by molar-refractivity contribution is 9.10. The average Bonchev–Trinajstić information content (AvgIpc) is 2.57. The molecule has 0 aliphatic carbocycles. The number of carbonyl (C=O) groups is 1. The molecule has 1 aliphatic heterocycles. The Morgan fingerprint density at radius 2 is 2.08 bits per heavy atom. The van der Waals surface area contributed by atoms with Crippen LogP contribution in [0.25, 0.3) is 0 Å². The van der Waals surface area contributed by atoms with Crippen molar-refractivity contribution in [2.24, 2.45) is 5.92 Å². The Balaban J connectivity index is 2.30. The summed E-state index contributed by atoms with van der Waals surface area (Å²) in [7, 11) is -3.75. The molecule has 0 N–H and O–H groups in total. The molecule has 8 heteroatoms. The van der Waals surface area contributed by atoms with E-state index in [2.05, 4.69) is 15.9 Å². The molecule has 0 spiro atoms. The predicted molar refractivity (Wildman–Crippen MR) is 93.4 cm³/mol. The van der Waals surface area contributed by atoms with Gasteiger partial charge in [0.15, 0.2) is 0 Å². The minimum atomic E-state index is -3.75. The molecule has 24 heavy (non-hydrogen) atoms. The van der Waals surface area contributed by atoms with Crippen LogP contribution in [-0.4, -0.2) is 45.0 Å². The van der Waals surface area contributed by atoms with Gasteiger partial charge in [-0.25, -0.2) is 8.42 Å². The number of sulfonamides is 1. The number of hydrogen-bond donors (Lipinski definition) is 0. The maximum absolute atomic E-state index is 13.0. The van der Waals surface area contributed by atoms with E-state index in [4.69, 9.17) is 9.47 Å². The second-order valence-electron chi connectivity index (χ2n) is 5.48. The van der Waals surface area contributed by atoms with Gasteiger partial charge in [0.2, 0.25) is 10.0 Å². The van der Waals surface area contributed by atoms with E-state index < -0.39 is 15.9 Å². The zero-order valence-corrected chi connectivity index (χ0v) is 16.2. The van der Waals surface area contributed by atoms with Gasteiger partial charge in [0.05, 0.1) is 19.1 Å². The number of nitrogens with zero attached hydrogens (tertiary/aromatic N) is 1. The summed E-state index contributed by atoms with van der Waals surface area (Å²) in [5, 5.41) is 0. The van der Waals surface area contributed by atoms with Gasteiger partial charge < -0.3 is 9.47 Å². The first-order chi connectivity index (χ1) is 11.4.